The third-order valence-electron chi connectivity index (χ3n) is 3.63. The van der Waals surface area contributed by atoms with Crippen molar-refractivity contribution >= 4 is 11.8 Å². The third-order valence-corrected chi connectivity index (χ3v) is 3.63. The number of ether oxygens (including phenoxy) is 5. The number of hydrogen-bond acceptors (Lipinski definition) is 7. The Morgan fingerprint density at radius 1 is 0.731 bits per heavy atom. The maximum Gasteiger partial charge on any atom is 0.338 e. The summed E-state index contributed by atoms with van der Waals surface area (Å²) < 4.78 is 25.6. The summed E-state index contributed by atoms with van der Waals surface area (Å²) in [7, 11) is 5.93. The molecule has 138 valence electrons. The molecule has 2 aromatic carbocycles. The molecular weight excluding hydrogens is 340 g/mol. The fourth-order valence-electron chi connectivity index (χ4n) is 2.23. The normalized spacial score (nSPS) is 10.0. The third kappa shape index (κ3) is 4.44. The molecule has 2 rings (SSSR count). The van der Waals surface area contributed by atoms with Crippen molar-refractivity contribution in [2.45, 2.75) is 0 Å². The van der Waals surface area contributed by atoms with Crippen LogP contribution in [0.2, 0.25) is 0 Å². The van der Waals surface area contributed by atoms with Gasteiger partial charge < -0.3 is 23.7 Å². The van der Waals surface area contributed by atoms with E-state index >= 15 is 0 Å². The molecule has 0 unspecified atom stereocenters. The molecule has 0 aliphatic heterocycles. The Balaban J connectivity index is 2.08. The van der Waals surface area contributed by atoms with E-state index in [1.165, 1.54) is 46.6 Å². The van der Waals surface area contributed by atoms with Crippen LogP contribution >= 0.6 is 0 Å². The number of methoxy groups -OCH3 is 4. The van der Waals surface area contributed by atoms with Gasteiger partial charge in [-0.1, -0.05) is 0 Å². The first-order valence-corrected chi connectivity index (χ1v) is 7.67. The van der Waals surface area contributed by atoms with Crippen molar-refractivity contribution < 1.29 is 33.3 Å². The van der Waals surface area contributed by atoms with Gasteiger partial charge in [-0.3, -0.25) is 4.79 Å². The smallest absolute Gasteiger partial charge is 0.338 e. The van der Waals surface area contributed by atoms with Crippen LogP contribution in [-0.2, 0) is 4.74 Å². The molecular formula is C19H20O7. The van der Waals surface area contributed by atoms with Crippen LogP contribution in [0.5, 0.6) is 23.0 Å². The number of carbonyl (C=O) groups is 2. The van der Waals surface area contributed by atoms with Crippen LogP contribution in [0.15, 0.2) is 36.4 Å². The predicted octanol–water partition coefficient (Wildman–Crippen LogP) is 2.76. The summed E-state index contributed by atoms with van der Waals surface area (Å²) in [5.74, 6) is 0.793. The van der Waals surface area contributed by atoms with Crippen LogP contribution in [0.3, 0.4) is 0 Å². The molecule has 0 saturated heterocycles. The van der Waals surface area contributed by atoms with Crippen molar-refractivity contribution in [3.8, 4) is 23.0 Å². The summed E-state index contributed by atoms with van der Waals surface area (Å²) in [4.78, 5) is 24.5. The van der Waals surface area contributed by atoms with Crippen LogP contribution in [-0.4, -0.2) is 46.8 Å². The standard InChI is InChI=1S/C19H20O7/c1-22-14-7-13(8-15(10-14)23-2)19(21)26-11-16(20)12-5-6-17(24-3)18(9-12)25-4/h5-10H,11H2,1-4H3. The highest BCUT2D eigenvalue weighted by atomic mass is 16.5. The lowest BCUT2D eigenvalue weighted by atomic mass is 10.1. The number of Topliss-reactive ketones (excluding diaryl/α,β-unsaturated/α-hetero) is 1. The lowest BCUT2D eigenvalue weighted by Gasteiger charge is -2.10. The quantitative estimate of drug-likeness (QED) is 0.529. The minimum atomic E-state index is -0.656. The van der Waals surface area contributed by atoms with Gasteiger partial charge in [0.2, 0.25) is 0 Å². The summed E-state index contributed by atoms with van der Waals surface area (Å²) >= 11 is 0. The molecule has 0 bridgehead atoms. The second kappa shape index (κ2) is 8.75. The van der Waals surface area contributed by atoms with Gasteiger partial charge in [-0.15, -0.1) is 0 Å². The molecule has 0 heterocycles. The van der Waals surface area contributed by atoms with Gasteiger partial charge in [-0.05, 0) is 30.3 Å². The fourth-order valence-corrected chi connectivity index (χ4v) is 2.23. The molecule has 0 amide bonds. The van der Waals surface area contributed by atoms with Crippen molar-refractivity contribution in [1.82, 2.24) is 0 Å². The predicted molar refractivity (Wildman–Crippen MR) is 93.7 cm³/mol. The van der Waals surface area contributed by atoms with Crippen molar-refractivity contribution in [2.75, 3.05) is 35.0 Å². The van der Waals surface area contributed by atoms with E-state index in [2.05, 4.69) is 0 Å². The number of benzene rings is 2. The first-order valence-electron chi connectivity index (χ1n) is 7.67. The Morgan fingerprint density at radius 2 is 1.35 bits per heavy atom. The second-order valence-electron chi connectivity index (χ2n) is 5.17. The SMILES string of the molecule is COc1cc(OC)cc(C(=O)OCC(=O)c2ccc(OC)c(OC)c2)c1. The van der Waals surface area contributed by atoms with Crippen molar-refractivity contribution in [2.24, 2.45) is 0 Å². The molecule has 0 atom stereocenters. The maximum atomic E-state index is 12.3. The van der Waals surface area contributed by atoms with Crippen LogP contribution in [0.1, 0.15) is 20.7 Å². The van der Waals surface area contributed by atoms with E-state index in [4.69, 9.17) is 23.7 Å². The highest BCUT2D eigenvalue weighted by molar-refractivity contribution is 6.00. The zero-order valence-electron chi connectivity index (χ0n) is 15.0. The van der Waals surface area contributed by atoms with Crippen molar-refractivity contribution in [3.63, 3.8) is 0 Å². The second-order valence-corrected chi connectivity index (χ2v) is 5.17. The molecule has 7 heteroatoms. The summed E-state index contributed by atoms with van der Waals surface area (Å²) in [5, 5.41) is 0. The molecule has 0 aliphatic carbocycles. The first-order chi connectivity index (χ1) is 12.5. The monoisotopic (exact) mass is 360 g/mol. The van der Waals surface area contributed by atoms with Gasteiger partial charge in [-0.2, -0.15) is 0 Å². The van der Waals surface area contributed by atoms with Crippen molar-refractivity contribution in [3.05, 3.63) is 47.5 Å². The highest BCUT2D eigenvalue weighted by Gasteiger charge is 2.16. The van der Waals surface area contributed by atoms with E-state index in [9.17, 15) is 9.59 Å². The summed E-state index contributed by atoms with van der Waals surface area (Å²) in [5.41, 5.74) is 0.569. The Kier molecular flexibility index (Phi) is 6.43. The molecule has 0 fully saturated rings. The Morgan fingerprint density at radius 3 is 1.88 bits per heavy atom. The van der Waals surface area contributed by atoms with Crippen LogP contribution in [0, 0.1) is 0 Å². The number of hydrogen-bond donors (Lipinski definition) is 0. The largest absolute Gasteiger partial charge is 0.497 e. The van der Waals surface area contributed by atoms with Gasteiger partial charge in [0.15, 0.2) is 23.9 Å². The van der Waals surface area contributed by atoms with E-state index in [0.717, 1.165) is 0 Å². The van der Waals surface area contributed by atoms with Crippen LogP contribution in [0.25, 0.3) is 0 Å². The maximum absolute atomic E-state index is 12.3. The topological polar surface area (TPSA) is 80.3 Å². The molecule has 0 aliphatic rings. The van der Waals surface area contributed by atoms with Crippen LogP contribution < -0.4 is 18.9 Å². The van der Waals surface area contributed by atoms with Gasteiger partial charge >= 0.3 is 5.97 Å². The van der Waals surface area contributed by atoms with E-state index in [-0.39, 0.29) is 11.3 Å². The van der Waals surface area contributed by atoms with E-state index in [0.29, 0.717) is 28.6 Å². The van der Waals surface area contributed by atoms with Gasteiger partial charge in [0.1, 0.15) is 11.5 Å². The van der Waals surface area contributed by atoms with Crippen LogP contribution in [0.4, 0.5) is 0 Å². The molecule has 0 aromatic heterocycles. The fraction of sp³-hybridized carbons (Fsp3) is 0.263. The molecule has 7 nitrogen and oxygen atoms in total. The van der Waals surface area contributed by atoms with Gasteiger partial charge in [0.25, 0.3) is 0 Å². The van der Waals surface area contributed by atoms with Crippen molar-refractivity contribution in [1.29, 1.82) is 0 Å². The highest BCUT2D eigenvalue weighted by Crippen LogP contribution is 2.28. The first kappa shape index (κ1) is 19.1. The van der Waals surface area contributed by atoms with Gasteiger partial charge in [0, 0.05) is 11.6 Å². The van der Waals surface area contributed by atoms with Gasteiger partial charge in [-0.25, -0.2) is 4.79 Å². The Hall–Kier alpha value is -3.22. The number of rotatable bonds is 8. The molecule has 2 aromatic rings. The molecule has 0 N–H and O–H groups in total. The average Bonchev–Trinajstić information content (AvgIpc) is 2.70. The Labute approximate surface area is 151 Å². The molecule has 26 heavy (non-hydrogen) atoms. The molecule has 0 saturated carbocycles. The lowest BCUT2D eigenvalue weighted by Crippen LogP contribution is -2.14. The van der Waals surface area contributed by atoms with E-state index in [1.807, 2.05) is 0 Å². The zero-order valence-corrected chi connectivity index (χ0v) is 15.0. The summed E-state index contributed by atoms with van der Waals surface area (Å²) in [6.07, 6.45) is 0. The Bertz CT molecular complexity index is 776. The van der Waals surface area contributed by atoms with E-state index < -0.39 is 12.6 Å². The summed E-state index contributed by atoms with van der Waals surface area (Å²) in [6.45, 7) is -0.409. The zero-order chi connectivity index (χ0) is 19.1. The number of esters is 1. The number of ketones is 1. The lowest BCUT2D eigenvalue weighted by molar-refractivity contribution is 0.0474. The molecule has 0 spiro atoms. The number of carbonyl (C=O) groups excluding carboxylic acids is 2. The van der Waals surface area contributed by atoms with E-state index in [1.54, 1.807) is 18.2 Å². The van der Waals surface area contributed by atoms with Gasteiger partial charge in [0.05, 0.1) is 34.0 Å². The molecule has 0 radical (unpaired) electrons. The summed E-state index contributed by atoms with van der Waals surface area (Å²) in [6, 6.07) is 9.36. The minimum absolute atomic E-state index is 0.223. The minimum Gasteiger partial charge on any atom is -0.497 e. The average molecular weight is 360 g/mol.